The van der Waals surface area contributed by atoms with Gasteiger partial charge in [-0.2, -0.15) is 0 Å². The maximum atomic E-state index is 11.7. The summed E-state index contributed by atoms with van der Waals surface area (Å²) >= 11 is 0. The van der Waals surface area contributed by atoms with Crippen molar-refractivity contribution in [3.8, 4) is 11.5 Å². The molecule has 0 aromatic heterocycles. The molecule has 2 aromatic rings. The summed E-state index contributed by atoms with van der Waals surface area (Å²) in [5.41, 5.74) is 0.932. The SMILES string of the molecule is CCCC(c1cccc(O)c1)c1c(O)cccc1P(=O)(O)O. The zero-order valence-electron chi connectivity index (χ0n) is 12.2. The Kier molecular flexibility index (Phi) is 4.91. The van der Waals surface area contributed by atoms with Crippen LogP contribution in [0.2, 0.25) is 0 Å². The van der Waals surface area contributed by atoms with E-state index in [1.165, 1.54) is 24.3 Å². The summed E-state index contributed by atoms with van der Waals surface area (Å²) in [5, 5.41) is 19.7. The van der Waals surface area contributed by atoms with Gasteiger partial charge in [-0.3, -0.25) is 4.57 Å². The number of phenols is 2. The van der Waals surface area contributed by atoms with Crippen LogP contribution < -0.4 is 5.30 Å². The summed E-state index contributed by atoms with van der Waals surface area (Å²) in [6.07, 6.45) is 1.35. The largest absolute Gasteiger partial charge is 0.508 e. The Morgan fingerprint density at radius 2 is 1.77 bits per heavy atom. The van der Waals surface area contributed by atoms with E-state index in [2.05, 4.69) is 0 Å². The van der Waals surface area contributed by atoms with Gasteiger partial charge in [0.1, 0.15) is 11.5 Å². The Hall–Kier alpha value is -1.81. The summed E-state index contributed by atoms with van der Waals surface area (Å²) < 4.78 is 11.7. The first-order valence-electron chi connectivity index (χ1n) is 7.01. The molecule has 0 spiro atoms. The molecule has 0 bridgehead atoms. The summed E-state index contributed by atoms with van der Waals surface area (Å²) in [6, 6.07) is 10.7. The van der Waals surface area contributed by atoms with E-state index >= 15 is 0 Å². The Morgan fingerprint density at radius 3 is 2.36 bits per heavy atom. The van der Waals surface area contributed by atoms with Gasteiger partial charge in [0.15, 0.2) is 0 Å². The highest BCUT2D eigenvalue weighted by Gasteiger charge is 2.29. The fourth-order valence-corrected chi connectivity index (χ4v) is 3.52. The quantitative estimate of drug-likeness (QED) is 0.635. The Balaban J connectivity index is 2.66. The average molecular weight is 322 g/mol. The number of rotatable bonds is 5. The third-order valence-corrected chi connectivity index (χ3v) is 4.59. The van der Waals surface area contributed by atoms with Crippen molar-refractivity contribution in [2.24, 2.45) is 0 Å². The van der Waals surface area contributed by atoms with E-state index in [9.17, 15) is 24.6 Å². The van der Waals surface area contributed by atoms with Crippen LogP contribution in [-0.2, 0) is 4.57 Å². The zero-order valence-corrected chi connectivity index (χ0v) is 13.1. The van der Waals surface area contributed by atoms with Crippen molar-refractivity contribution in [1.82, 2.24) is 0 Å². The van der Waals surface area contributed by atoms with Gasteiger partial charge in [-0.15, -0.1) is 0 Å². The molecule has 1 atom stereocenters. The fraction of sp³-hybridized carbons (Fsp3) is 0.250. The van der Waals surface area contributed by atoms with Gasteiger partial charge in [-0.25, -0.2) is 0 Å². The van der Waals surface area contributed by atoms with Crippen LogP contribution in [0.4, 0.5) is 0 Å². The van der Waals surface area contributed by atoms with Gasteiger partial charge in [0, 0.05) is 11.5 Å². The van der Waals surface area contributed by atoms with Crippen molar-refractivity contribution in [3.05, 3.63) is 53.6 Å². The number of aromatic hydroxyl groups is 2. The van der Waals surface area contributed by atoms with E-state index in [1.807, 2.05) is 6.92 Å². The van der Waals surface area contributed by atoms with Gasteiger partial charge in [0.05, 0.1) is 5.30 Å². The third-order valence-electron chi connectivity index (χ3n) is 3.57. The minimum Gasteiger partial charge on any atom is -0.508 e. The molecule has 0 aliphatic heterocycles. The van der Waals surface area contributed by atoms with E-state index < -0.39 is 13.5 Å². The second-order valence-corrected chi connectivity index (χ2v) is 6.76. The lowest BCUT2D eigenvalue weighted by atomic mass is 9.87. The Labute approximate surface area is 129 Å². The van der Waals surface area contributed by atoms with Crippen molar-refractivity contribution < 1.29 is 24.6 Å². The molecule has 0 fully saturated rings. The lowest BCUT2D eigenvalue weighted by molar-refractivity contribution is 0.386. The van der Waals surface area contributed by atoms with Crippen LogP contribution in [0.25, 0.3) is 0 Å². The molecule has 5 nitrogen and oxygen atoms in total. The number of phenolic OH excluding ortho intramolecular Hbond substituents is 2. The summed E-state index contributed by atoms with van der Waals surface area (Å²) in [7, 11) is -4.51. The summed E-state index contributed by atoms with van der Waals surface area (Å²) in [5.74, 6) is -0.477. The van der Waals surface area contributed by atoms with Crippen molar-refractivity contribution >= 4 is 12.9 Å². The first kappa shape index (κ1) is 16.6. The molecule has 0 aliphatic carbocycles. The molecule has 6 heteroatoms. The number of hydrogen-bond donors (Lipinski definition) is 4. The second-order valence-electron chi connectivity index (χ2n) is 5.19. The van der Waals surface area contributed by atoms with E-state index in [0.29, 0.717) is 12.0 Å². The maximum Gasteiger partial charge on any atom is 0.356 e. The molecular formula is C16H19O5P. The summed E-state index contributed by atoms with van der Waals surface area (Å²) in [4.78, 5) is 19.1. The van der Waals surface area contributed by atoms with Gasteiger partial charge in [-0.1, -0.05) is 31.5 Å². The van der Waals surface area contributed by atoms with Gasteiger partial charge in [0.2, 0.25) is 0 Å². The molecule has 2 aromatic carbocycles. The van der Waals surface area contributed by atoms with E-state index in [1.54, 1.807) is 18.2 Å². The van der Waals surface area contributed by atoms with Crippen LogP contribution in [-0.4, -0.2) is 20.0 Å². The molecule has 1 unspecified atom stereocenters. The van der Waals surface area contributed by atoms with Crippen molar-refractivity contribution in [2.75, 3.05) is 0 Å². The van der Waals surface area contributed by atoms with E-state index in [-0.39, 0.29) is 22.4 Å². The lowest BCUT2D eigenvalue weighted by Gasteiger charge is -2.22. The molecule has 0 aliphatic rings. The average Bonchev–Trinajstić information content (AvgIpc) is 2.44. The predicted molar refractivity (Wildman–Crippen MR) is 84.6 cm³/mol. The first-order valence-corrected chi connectivity index (χ1v) is 8.62. The summed E-state index contributed by atoms with van der Waals surface area (Å²) in [6.45, 7) is 1.95. The van der Waals surface area contributed by atoms with Crippen molar-refractivity contribution in [3.63, 3.8) is 0 Å². The maximum absolute atomic E-state index is 11.7. The van der Waals surface area contributed by atoms with Crippen molar-refractivity contribution in [2.45, 2.75) is 25.7 Å². The minimum atomic E-state index is -4.51. The first-order chi connectivity index (χ1) is 10.3. The molecule has 2 rings (SSSR count). The third kappa shape index (κ3) is 3.50. The van der Waals surface area contributed by atoms with E-state index in [4.69, 9.17) is 0 Å². The number of benzene rings is 2. The monoisotopic (exact) mass is 322 g/mol. The van der Waals surface area contributed by atoms with Gasteiger partial charge in [0.25, 0.3) is 0 Å². The fourth-order valence-electron chi connectivity index (χ4n) is 2.66. The molecule has 0 radical (unpaired) electrons. The van der Waals surface area contributed by atoms with Crippen molar-refractivity contribution in [1.29, 1.82) is 0 Å². The Bertz CT molecular complexity index is 707. The standard InChI is InChI=1S/C16H19O5P/c1-2-5-13(11-6-3-7-12(17)10-11)16-14(18)8-4-9-15(16)22(19,20)21/h3-4,6-10,13,17-18H,2,5H2,1H3,(H2,19,20,21). The molecule has 4 N–H and O–H groups in total. The van der Waals surface area contributed by atoms with Crippen LogP contribution in [0.1, 0.15) is 36.8 Å². The van der Waals surface area contributed by atoms with Crippen LogP contribution in [0.5, 0.6) is 11.5 Å². The highest BCUT2D eigenvalue weighted by molar-refractivity contribution is 7.60. The Morgan fingerprint density at radius 1 is 1.09 bits per heavy atom. The van der Waals surface area contributed by atoms with E-state index in [0.717, 1.165) is 6.42 Å². The highest BCUT2D eigenvalue weighted by Crippen LogP contribution is 2.43. The molecule has 0 heterocycles. The topological polar surface area (TPSA) is 98.0 Å². The second kappa shape index (κ2) is 6.53. The van der Waals surface area contributed by atoms with Gasteiger partial charge in [-0.05, 0) is 36.2 Å². The highest BCUT2D eigenvalue weighted by atomic mass is 31.2. The lowest BCUT2D eigenvalue weighted by Crippen LogP contribution is -2.16. The van der Waals surface area contributed by atoms with Gasteiger partial charge >= 0.3 is 7.60 Å². The smallest absolute Gasteiger partial charge is 0.356 e. The predicted octanol–water partition coefficient (Wildman–Crippen LogP) is 2.83. The van der Waals surface area contributed by atoms with Crippen LogP contribution >= 0.6 is 7.60 Å². The molecular weight excluding hydrogens is 303 g/mol. The normalized spacial score (nSPS) is 13.0. The number of hydrogen-bond acceptors (Lipinski definition) is 3. The molecule has 0 saturated carbocycles. The van der Waals surface area contributed by atoms with Crippen LogP contribution in [0, 0.1) is 0 Å². The van der Waals surface area contributed by atoms with Crippen LogP contribution in [0.15, 0.2) is 42.5 Å². The molecule has 0 amide bonds. The van der Waals surface area contributed by atoms with Crippen LogP contribution in [0.3, 0.4) is 0 Å². The molecule has 118 valence electrons. The minimum absolute atomic E-state index is 0.0757. The zero-order chi connectivity index (χ0) is 16.3. The molecule has 0 saturated heterocycles. The molecule has 22 heavy (non-hydrogen) atoms. The van der Waals surface area contributed by atoms with Gasteiger partial charge < -0.3 is 20.0 Å².